The normalized spacial score (nSPS) is 21.9. The number of aliphatic hydroxyl groups excluding tert-OH is 2. The van der Waals surface area contributed by atoms with Crippen LogP contribution in [0.2, 0.25) is 0 Å². The number of carbonyl (C=O) groups excluding carboxylic acids is 3. The smallest absolute Gasteiger partial charge is 0.386 e. The summed E-state index contributed by atoms with van der Waals surface area (Å²) < 4.78 is 62.0. The van der Waals surface area contributed by atoms with E-state index in [2.05, 4.69) is 41.0 Å². The topological polar surface area (TPSA) is 364 Å². The molecule has 304 valence electrons. The highest BCUT2D eigenvalue weighted by molar-refractivity contribution is 7.99. The van der Waals surface area contributed by atoms with E-state index in [1.807, 2.05) is 0 Å². The Morgan fingerprint density at radius 3 is 2.43 bits per heavy atom. The number of ketones is 1. The molecule has 3 rings (SSSR count). The Kier molecular flexibility index (Phi) is 16.4. The molecule has 3 unspecified atom stereocenters. The average molecular weight is 850 g/mol. The number of phosphoric ester groups is 3. The van der Waals surface area contributed by atoms with Crippen LogP contribution in [0.25, 0.3) is 11.2 Å². The summed E-state index contributed by atoms with van der Waals surface area (Å²) in [5.41, 5.74) is 4.27. The van der Waals surface area contributed by atoms with Gasteiger partial charge in [-0.05, 0) is 6.08 Å². The first-order valence-corrected chi connectivity index (χ1v) is 21.4. The molecule has 1 saturated heterocycles. The van der Waals surface area contributed by atoms with Crippen molar-refractivity contribution in [1.82, 2.24) is 30.2 Å². The van der Waals surface area contributed by atoms with Crippen LogP contribution in [0.15, 0.2) is 25.3 Å². The van der Waals surface area contributed by atoms with Crippen LogP contribution in [-0.4, -0.2) is 129 Å². The highest BCUT2D eigenvalue weighted by Crippen LogP contribution is 2.61. The van der Waals surface area contributed by atoms with Crippen LogP contribution in [0.3, 0.4) is 0 Å². The van der Waals surface area contributed by atoms with Gasteiger partial charge in [-0.15, -0.1) is 0 Å². The summed E-state index contributed by atoms with van der Waals surface area (Å²) in [6.45, 7) is 4.04. The summed E-state index contributed by atoms with van der Waals surface area (Å²) >= 11 is 1.46. The first-order valence-electron chi connectivity index (χ1n) is 15.7. The Morgan fingerprint density at radius 2 is 1.76 bits per heavy atom. The number of hydrogen-bond acceptors (Lipinski definition) is 18. The number of imidazole rings is 1. The lowest BCUT2D eigenvalue weighted by Gasteiger charge is -2.30. The standard InChI is InChI=1S/C26H42N7O17P3S/c1-4-15(34)6-9-54-10-8-28-17(35)5-7-29-24(38)21(37)26(2,3)12-47-53(44,45)50-52(42,43)46-11-16-20(49-51(39,40)41)19(36)25(48-16)33-14-32-18-22(27)30-13-31-23(18)33/h4,13-14,16,19-21,25,36-37H,1,5-12H2,2-3H3,(H,28,35)(H,29,38)(H,42,43)(H,44,45)(H2,27,30,31)(H2,39,40,41)/t16-,19-,20-,21?,25-/m1/s1. The van der Waals surface area contributed by atoms with Crippen molar-refractivity contribution >= 4 is 69.8 Å². The van der Waals surface area contributed by atoms with E-state index >= 15 is 0 Å². The SMILES string of the molecule is C=CC(=O)CCSCCNC(=O)CCNC(=O)C(O)C(C)(C)COP(=O)(O)OP(=O)(O)OC[C@H]1O[C@@H](n2cnc3c(N)ncnc32)[C@H](O)[C@@H]1OP(=O)(O)O. The van der Waals surface area contributed by atoms with Gasteiger partial charge in [0.05, 0.1) is 19.5 Å². The quantitative estimate of drug-likeness (QED) is 0.0378. The van der Waals surface area contributed by atoms with Crippen molar-refractivity contribution in [2.24, 2.45) is 5.41 Å². The number of aliphatic hydroxyl groups is 2. The number of amides is 2. The predicted octanol–water partition coefficient (Wildman–Crippen LogP) is -0.717. The van der Waals surface area contributed by atoms with E-state index in [4.69, 9.17) is 19.5 Å². The largest absolute Gasteiger partial charge is 0.481 e. The van der Waals surface area contributed by atoms with Gasteiger partial charge in [-0.25, -0.2) is 28.6 Å². The molecule has 2 aromatic heterocycles. The number of hydrogen-bond donors (Lipinski definition) is 9. The summed E-state index contributed by atoms with van der Waals surface area (Å²) in [6.07, 6.45) is -5.28. The molecule has 0 spiro atoms. The molecule has 7 atom stereocenters. The molecule has 0 aromatic carbocycles. The molecule has 0 bridgehead atoms. The third-order valence-electron chi connectivity index (χ3n) is 7.37. The number of allylic oxidation sites excluding steroid dienone is 1. The second-order valence-electron chi connectivity index (χ2n) is 12.1. The fourth-order valence-electron chi connectivity index (χ4n) is 4.58. The maximum absolute atomic E-state index is 12.6. The summed E-state index contributed by atoms with van der Waals surface area (Å²) in [7, 11) is -16.4. The summed E-state index contributed by atoms with van der Waals surface area (Å²) in [5, 5.41) is 26.4. The van der Waals surface area contributed by atoms with Crippen LogP contribution in [-0.2, 0) is 50.7 Å². The fraction of sp³-hybridized carbons (Fsp3) is 0.615. The Morgan fingerprint density at radius 1 is 1.07 bits per heavy atom. The van der Waals surface area contributed by atoms with Crippen molar-refractivity contribution in [3.63, 3.8) is 0 Å². The van der Waals surface area contributed by atoms with Crippen molar-refractivity contribution in [3.05, 3.63) is 25.3 Å². The minimum atomic E-state index is -5.56. The van der Waals surface area contributed by atoms with Crippen LogP contribution < -0.4 is 16.4 Å². The molecule has 54 heavy (non-hydrogen) atoms. The van der Waals surface area contributed by atoms with Crippen molar-refractivity contribution < 1.29 is 80.5 Å². The number of nitrogens with zero attached hydrogens (tertiary/aromatic N) is 4. The molecule has 3 heterocycles. The van der Waals surface area contributed by atoms with Gasteiger partial charge >= 0.3 is 23.5 Å². The summed E-state index contributed by atoms with van der Waals surface area (Å²) in [4.78, 5) is 86.6. The maximum Gasteiger partial charge on any atom is 0.481 e. The first-order chi connectivity index (χ1) is 25.1. The number of phosphoric acid groups is 3. The van der Waals surface area contributed by atoms with Crippen LogP contribution >= 0.6 is 35.2 Å². The zero-order chi connectivity index (χ0) is 40.5. The molecular weight excluding hydrogens is 807 g/mol. The Labute approximate surface area is 311 Å². The molecule has 28 heteroatoms. The highest BCUT2D eigenvalue weighted by atomic mass is 32.2. The zero-order valence-electron chi connectivity index (χ0n) is 28.8. The van der Waals surface area contributed by atoms with E-state index in [0.717, 1.165) is 17.2 Å². The number of aromatic nitrogens is 4. The van der Waals surface area contributed by atoms with E-state index in [-0.39, 0.29) is 35.7 Å². The number of fused-ring (bicyclic) bond motifs is 1. The van der Waals surface area contributed by atoms with E-state index in [1.165, 1.54) is 31.7 Å². The van der Waals surface area contributed by atoms with E-state index in [0.29, 0.717) is 24.5 Å². The summed E-state index contributed by atoms with van der Waals surface area (Å²) in [6, 6.07) is 0. The molecule has 2 aromatic rings. The number of nitrogens with two attached hydrogens (primary N) is 1. The first kappa shape index (κ1) is 45.7. The highest BCUT2D eigenvalue weighted by Gasteiger charge is 2.50. The van der Waals surface area contributed by atoms with Crippen molar-refractivity contribution in [2.45, 2.75) is 57.3 Å². The lowest BCUT2D eigenvalue weighted by atomic mass is 9.87. The maximum atomic E-state index is 12.6. The predicted molar refractivity (Wildman–Crippen MR) is 187 cm³/mol. The van der Waals surface area contributed by atoms with E-state index in [9.17, 15) is 57.9 Å². The number of rotatable bonds is 23. The van der Waals surface area contributed by atoms with Crippen LogP contribution in [0, 0.1) is 5.41 Å². The molecular formula is C26H42N7O17P3S. The number of anilines is 1. The zero-order valence-corrected chi connectivity index (χ0v) is 32.3. The van der Waals surface area contributed by atoms with Crippen molar-refractivity contribution in [3.8, 4) is 0 Å². The molecule has 1 aliphatic rings. The van der Waals surface area contributed by atoms with E-state index < -0.39 is 84.6 Å². The Bertz CT molecular complexity index is 1800. The van der Waals surface area contributed by atoms with Crippen LogP contribution in [0.1, 0.15) is 32.9 Å². The number of nitrogens with one attached hydrogen (secondary N) is 2. The van der Waals surface area contributed by atoms with Crippen molar-refractivity contribution in [2.75, 3.05) is 43.5 Å². The van der Waals surface area contributed by atoms with Gasteiger partial charge in [0.15, 0.2) is 23.5 Å². The van der Waals surface area contributed by atoms with E-state index in [1.54, 1.807) is 0 Å². The van der Waals surface area contributed by atoms with Gasteiger partial charge in [0.1, 0.15) is 36.3 Å². The Hall–Kier alpha value is -2.70. The van der Waals surface area contributed by atoms with Gasteiger partial charge in [-0.3, -0.25) is 32.5 Å². The molecule has 1 aliphatic heterocycles. The lowest BCUT2D eigenvalue weighted by Crippen LogP contribution is -2.46. The molecule has 2 amide bonds. The molecule has 10 N–H and O–H groups in total. The number of nitrogen functional groups attached to an aromatic ring is 1. The molecule has 0 aliphatic carbocycles. The Balaban J connectivity index is 1.50. The third-order valence-corrected chi connectivity index (χ3v) is 11.5. The number of thioether (sulfide) groups is 1. The molecule has 1 fully saturated rings. The molecule has 24 nitrogen and oxygen atoms in total. The molecule has 0 saturated carbocycles. The fourth-order valence-corrected chi connectivity index (χ4v) is 8.20. The van der Waals surface area contributed by atoms with Gasteiger partial charge in [0.2, 0.25) is 11.8 Å². The minimum Gasteiger partial charge on any atom is -0.386 e. The average Bonchev–Trinajstić information content (AvgIpc) is 3.64. The monoisotopic (exact) mass is 849 g/mol. The van der Waals surface area contributed by atoms with Gasteiger partial charge in [0, 0.05) is 42.9 Å². The molecule has 0 radical (unpaired) electrons. The summed E-state index contributed by atoms with van der Waals surface area (Å²) in [5.74, 6) is -0.355. The third kappa shape index (κ3) is 13.8. The van der Waals surface area contributed by atoms with Crippen molar-refractivity contribution in [1.29, 1.82) is 0 Å². The van der Waals surface area contributed by atoms with Gasteiger partial charge in [-0.1, -0.05) is 20.4 Å². The minimum absolute atomic E-state index is 0.0311. The lowest BCUT2D eigenvalue weighted by molar-refractivity contribution is -0.137. The second-order valence-corrected chi connectivity index (χ2v) is 17.6. The second kappa shape index (κ2) is 19.4. The van der Waals surface area contributed by atoms with Gasteiger partial charge in [0.25, 0.3) is 0 Å². The number of ether oxygens (including phenoxy) is 1. The van der Waals surface area contributed by atoms with Crippen LogP contribution in [0.5, 0.6) is 0 Å². The van der Waals surface area contributed by atoms with Crippen LogP contribution in [0.4, 0.5) is 5.82 Å². The number of carbonyl (C=O) groups is 3. The van der Waals surface area contributed by atoms with Gasteiger partial charge in [-0.2, -0.15) is 16.1 Å². The van der Waals surface area contributed by atoms with Gasteiger partial charge < -0.3 is 50.9 Å².